The molecule has 1 aliphatic rings. The van der Waals surface area contributed by atoms with Crippen LogP contribution in [0.5, 0.6) is 0 Å². The van der Waals surface area contributed by atoms with Crippen molar-refractivity contribution in [2.75, 3.05) is 27.2 Å². The topological polar surface area (TPSA) is 104 Å². The molecule has 0 aliphatic heterocycles. The Labute approximate surface area is 243 Å². The van der Waals surface area contributed by atoms with Crippen LogP contribution in [0.15, 0.2) is 68.9 Å². The first-order valence-corrected chi connectivity index (χ1v) is 14.1. The lowest BCUT2D eigenvalue weighted by Crippen LogP contribution is -2.39. The summed E-state index contributed by atoms with van der Waals surface area (Å²) in [6.45, 7) is 25.7. The maximum Gasteiger partial charge on any atom is 0.410 e. The van der Waals surface area contributed by atoms with Gasteiger partial charge in [-0.25, -0.2) is 4.79 Å². The fourth-order valence-electron chi connectivity index (χ4n) is 4.38. The molecule has 0 heterocycles. The average Bonchev–Trinajstić information content (AvgIpc) is 3.69. The van der Waals surface area contributed by atoms with Crippen LogP contribution in [0.1, 0.15) is 74.7 Å². The quantitative estimate of drug-likeness (QED) is 0.194. The zero-order valence-electron chi connectivity index (χ0n) is 26.5. The summed E-state index contributed by atoms with van der Waals surface area (Å²) in [6, 6.07) is 2.06. The van der Waals surface area contributed by atoms with Crippen molar-refractivity contribution in [3.05, 3.63) is 58.9 Å². The maximum atomic E-state index is 13.0. The van der Waals surface area contributed by atoms with E-state index in [4.69, 9.17) is 10.5 Å². The van der Waals surface area contributed by atoms with Gasteiger partial charge < -0.3 is 15.4 Å². The van der Waals surface area contributed by atoms with E-state index < -0.39 is 5.60 Å². The minimum Gasteiger partial charge on any atom is -0.444 e. The molecule has 0 aromatic rings. The molecule has 0 aromatic heterocycles. The van der Waals surface area contributed by atoms with Gasteiger partial charge in [-0.05, 0) is 88.5 Å². The van der Waals surface area contributed by atoms with Gasteiger partial charge in [0.1, 0.15) is 17.4 Å². The molecular formula is C33H51N5O2. The Kier molecular flexibility index (Phi) is 13.3. The number of rotatable bonds is 13. The number of nitrogens with two attached hydrogens (primary N) is 1. The van der Waals surface area contributed by atoms with E-state index in [-0.39, 0.29) is 12.0 Å². The molecule has 0 radical (unpaired) electrons. The Morgan fingerprint density at radius 2 is 1.75 bits per heavy atom. The molecule has 40 heavy (non-hydrogen) atoms. The SMILES string of the molecule is C=C(C)/C(C(=C)CCN(CC(C)C)C(=O)OC(C)(C)C)=C(C(C)=NC)/C(=C\C(C)C(N)=CC(C#N)=NC)C1CC1. The van der Waals surface area contributed by atoms with Crippen molar-refractivity contribution in [3.63, 3.8) is 0 Å². The molecule has 1 fully saturated rings. The first-order chi connectivity index (χ1) is 18.6. The van der Waals surface area contributed by atoms with Crippen LogP contribution in [0.4, 0.5) is 4.79 Å². The average molecular weight is 550 g/mol. The molecule has 2 N–H and O–H groups in total. The van der Waals surface area contributed by atoms with E-state index in [1.807, 2.05) is 41.5 Å². The van der Waals surface area contributed by atoms with E-state index in [0.29, 0.717) is 42.8 Å². The molecule has 7 nitrogen and oxygen atoms in total. The number of nitrogens with zero attached hydrogens (tertiary/aromatic N) is 4. The van der Waals surface area contributed by atoms with Crippen LogP contribution in [0.3, 0.4) is 0 Å². The lowest BCUT2D eigenvalue weighted by Gasteiger charge is -2.29. The van der Waals surface area contributed by atoms with E-state index in [0.717, 1.165) is 40.8 Å². The summed E-state index contributed by atoms with van der Waals surface area (Å²) in [5.74, 6) is 0.568. The Hall–Kier alpha value is -3.40. The van der Waals surface area contributed by atoms with Crippen LogP contribution < -0.4 is 5.73 Å². The molecule has 0 saturated heterocycles. The van der Waals surface area contributed by atoms with E-state index >= 15 is 0 Å². The first kappa shape index (κ1) is 34.6. The predicted octanol–water partition coefficient (Wildman–Crippen LogP) is 7.20. The summed E-state index contributed by atoms with van der Waals surface area (Å²) in [5, 5.41) is 9.28. The Balaban J connectivity index is 3.56. The van der Waals surface area contributed by atoms with E-state index in [9.17, 15) is 10.1 Å². The zero-order valence-corrected chi connectivity index (χ0v) is 26.5. The van der Waals surface area contributed by atoms with Gasteiger partial charge in [0, 0.05) is 50.1 Å². The summed E-state index contributed by atoms with van der Waals surface area (Å²) < 4.78 is 5.69. The van der Waals surface area contributed by atoms with Gasteiger partial charge in [0.15, 0.2) is 0 Å². The van der Waals surface area contributed by atoms with E-state index in [1.54, 1.807) is 25.1 Å². The molecule has 1 rings (SSSR count). The number of ether oxygens (including phenoxy) is 1. The molecule has 1 aliphatic carbocycles. The monoisotopic (exact) mass is 549 g/mol. The van der Waals surface area contributed by atoms with Crippen LogP contribution in [0.2, 0.25) is 0 Å². The molecule has 1 unspecified atom stereocenters. The summed E-state index contributed by atoms with van der Waals surface area (Å²) in [4.78, 5) is 23.3. The second kappa shape index (κ2) is 15.4. The third kappa shape index (κ3) is 11.0. The number of carbonyl (C=O) groups is 1. The number of hydrogen-bond acceptors (Lipinski definition) is 6. The van der Waals surface area contributed by atoms with Gasteiger partial charge in [0.25, 0.3) is 0 Å². The highest BCUT2D eigenvalue weighted by Gasteiger charge is 2.32. The Morgan fingerprint density at radius 1 is 1.15 bits per heavy atom. The second-order valence-corrected chi connectivity index (χ2v) is 12.1. The number of carbonyl (C=O) groups excluding carboxylic acids is 1. The Bertz CT molecular complexity index is 1150. The highest BCUT2D eigenvalue weighted by molar-refractivity contribution is 6.07. The van der Waals surface area contributed by atoms with Crippen LogP contribution in [0, 0.1) is 29.1 Å². The summed E-state index contributed by atoms with van der Waals surface area (Å²) in [6.07, 6.45) is 6.24. The van der Waals surface area contributed by atoms with E-state index in [2.05, 4.69) is 49.1 Å². The van der Waals surface area contributed by atoms with Gasteiger partial charge in [0.05, 0.1) is 0 Å². The van der Waals surface area contributed by atoms with Crippen LogP contribution in [-0.2, 0) is 4.74 Å². The second-order valence-electron chi connectivity index (χ2n) is 12.1. The number of aliphatic imine (C=N–C) groups is 2. The number of nitriles is 1. The van der Waals surface area contributed by atoms with Crippen molar-refractivity contribution >= 4 is 17.5 Å². The molecule has 220 valence electrons. The van der Waals surface area contributed by atoms with Crippen molar-refractivity contribution < 1.29 is 9.53 Å². The minimum atomic E-state index is -0.568. The minimum absolute atomic E-state index is 0.117. The molecule has 0 bridgehead atoms. The molecule has 1 amide bonds. The number of allylic oxidation sites excluding steroid dienone is 6. The molecular weight excluding hydrogens is 498 g/mol. The van der Waals surface area contributed by atoms with Gasteiger partial charge in [-0.3, -0.25) is 9.98 Å². The van der Waals surface area contributed by atoms with Crippen LogP contribution >= 0.6 is 0 Å². The number of amides is 1. The fourth-order valence-corrected chi connectivity index (χ4v) is 4.38. The van der Waals surface area contributed by atoms with Crippen molar-refractivity contribution in [1.82, 2.24) is 4.90 Å². The zero-order chi connectivity index (χ0) is 30.8. The molecule has 1 atom stereocenters. The molecule has 1 saturated carbocycles. The summed E-state index contributed by atoms with van der Waals surface area (Å²) >= 11 is 0. The highest BCUT2D eigenvalue weighted by Crippen LogP contribution is 2.44. The van der Waals surface area contributed by atoms with Gasteiger partial charge in [-0.15, -0.1) is 0 Å². The van der Waals surface area contributed by atoms with Crippen LogP contribution in [0.25, 0.3) is 0 Å². The van der Waals surface area contributed by atoms with Gasteiger partial charge in [0.2, 0.25) is 0 Å². The molecule has 0 spiro atoms. The standard InChI is InChI=1S/C33H51N5O2/c1-21(2)20-38(32(39)40-33(8,9)10)16-15-23(5)30(22(3)4)31(25(7)36-11)28(26-13-14-26)17-24(6)29(35)18-27(19-34)37-12/h17-18,21,24,26H,3,5,13-16,20,35H2,1-2,4,6-12H3/b28-17-,29-18?,31-30-,36-25?,37-27?. The smallest absolute Gasteiger partial charge is 0.410 e. The lowest BCUT2D eigenvalue weighted by molar-refractivity contribution is 0.0231. The highest BCUT2D eigenvalue weighted by atomic mass is 16.6. The lowest BCUT2D eigenvalue weighted by atomic mass is 9.84. The summed E-state index contributed by atoms with van der Waals surface area (Å²) in [7, 11) is 3.37. The molecule has 0 aromatic carbocycles. The normalized spacial score (nSPS) is 16.8. The van der Waals surface area contributed by atoms with Crippen molar-refractivity contribution in [3.8, 4) is 6.07 Å². The maximum absolute atomic E-state index is 13.0. The van der Waals surface area contributed by atoms with Crippen molar-refractivity contribution in [1.29, 1.82) is 5.26 Å². The van der Waals surface area contributed by atoms with Gasteiger partial charge in [-0.1, -0.05) is 45.6 Å². The van der Waals surface area contributed by atoms with Gasteiger partial charge >= 0.3 is 6.09 Å². The number of hydrogen-bond donors (Lipinski definition) is 1. The first-order valence-electron chi connectivity index (χ1n) is 14.1. The van der Waals surface area contributed by atoms with Crippen molar-refractivity contribution in [2.24, 2.45) is 33.5 Å². The predicted molar refractivity (Wildman–Crippen MR) is 168 cm³/mol. The van der Waals surface area contributed by atoms with Crippen molar-refractivity contribution in [2.45, 2.75) is 80.3 Å². The third-order valence-corrected chi connectivity index (χ3v) is 6.57. The summed E-state index contributed by atoms with van der Waals surface area (Å²) in [5.41, 5.74) is 12.5. The van der Waals surface area contributed by atoms with E-state index in [1.165, 1.54) is 5.57 Å². The largest absolute Gasteiger partial charge is 0.444 e. The molecule has 7 heteroatoms. The van der Waals surface area contributed by atoms with Crippen LogP contribution in [-0.4, -0.2) is 55.2 Å². The third-order valence-electron chi connectivity index (χ3n) is 6.57. The fraction of sp³-hybridized carbons (Fsp3) is 0.576. The van der Waals surface area contributed by atoms with Gasteiger partial charge in [-0.2, -0.15) is 5.26 Å². The Morgan fingerprint density at radius 3 is 2.17 bits per heavy atom.